The molecule has 4 aliphatic rings. The van der Waals surface area contributed by atoms with Crippen LogP contribution in [0.3, 0.4) is 0 Å². The van der Waals surface area contributed by atoms with Gasteiger partial charge in [0.2, 0.25) is 5.78 Å². The molecule has 0 unspecified atom stereocenters. The van der Waals surface area contributed by atoms with Crippen molar-refractivity contribution in [2.24, 2.45) is 39.4 Å². The monoisotopic (exact) mass is 516 g/mol. The zero-order chi connectivity index (χ0) is 27.9. The summed E-state index contributed by atoms with van der Waals surface area (Å²) in [6.07, 6.45) is -0.552. The van der Waals surface area contributed by atoms with Crippen molar-refractivity contribution >= 4 is 29.3 Å². The normalized spacial score (nSPS) is 41.6. The largest absolute Gasteiger partial charge is 0.481 e. The van der Waals surface area contributed by atoms with Gasteiger partial charge in [0.1, 0.15) is 5.78 Å². The molecular formula is C29H40O8. The zero-order valence-electron chi connectivity index (χ0n) is 23.0. The first-order chi connectivity index (χ1) is 17.0. The predicted octanol–water partition coefficient (Wildman–Crippen LogP) is 3.68. The highest BCUT2D eigenvalue weighted by molar-refractivity contribution is 6.18. The van der Waals surface area contributed by atoms with Crippen LogP contribution >= 0.6 is 0 Å². The van der Waals surface area contributed by atoms with E-state index in [0.717, 1.165) is 0 Å². The second-order valence-corrected chi connectivity index (χ2v) is 13.1. The van der Waals surface area contributed by atoms with Gasteiger partial charge in [-0.05, 0) is 49.4 Å². The number of esters is 1. The Labute approximate surface area is 218 Å². The fourth-order valence-corrected chi connectivity index (χ4v) is 8.71. The number of rotatable bonds is 5. The Balaban J connectivity index is 1.97. The third-order valence-corrected chi connectivity index (χ3v) is 11.1. The molecule has 0 aromatic carbocycles. The lowest BCUT2D eigenvalue weighted by Crippen LogP contribution is -2.65. The maximum Gasteiger partial charge on any atom is 0.303 e. The highest BCUT2D eigenvalue weighted by Crippen LogP contribution is 2.70. The number of aliphatic carboxylic acids is 1. The maximum absolute atomic E-state index is 14.5. The number of ether oxygens (including phenoxy) is 1. The van der Waals surface area contributed by atoms with Gasteiger partial charge in [-0.2, -0.15) is 0 Å². The molecular weight excluding hydrogens is 476 g/mol. The molecule has 37 heavy (non-hydrogen) atoms. The standard InChI is InChI=1S/C29H40O8/c1-14(8-9-21(34)35)16-12-20(33)29(7)22-17(31)13-18-26(3,4)19(32)10-11-27(18,5)23(22)24(36)25(28(16,29)6)37-15(2)30/h14,16,18-19,25,32H,8-13H2,1-7H3,(H,34,35)/t14-,16+,18-,19-,25+,27-,28+,29-/m0/s1. The Bertz CT molecular complexity index is 1120. The maximum atomic E-state index is 14.5. The Morgan fingerprint density at radius 3 is 2.24 bits per heavy atom. The van der Waals surface area contributed by atoms with Crippen LogP contribution in [0.2, 0.25) is 0 Å². The van der Waals surface area contributed by atoms with E-state index in [0.29, 0.717) is 24.8 Å². The number of aliphatic hydroxyl groups excluding tert-OH is 1. The van der Waals surface area contributed by atoms with Gasteiger partial charge in [0.05, 0.1) is 11.5 Å². The quantitative estimate of drug-likeness (QED) is 0.529. The van der Waals surface area contributed by atoms with Crippen LogP contribution < -0.4 is 0 Å². The minimum Gasteiger partial charge on any atom is -0.481 e. The van der Waals surface area contributed by atoms with E-state index in [1.54, 1.807) is 13.8 Å². The Hall–Kier alpha value is -2.35. The summed E-state index contributed by atoms with van der Waals surface area (Å²) in [5, 5.41) is 20.0. The van der Waals surface area contributed by atoms with E-state index in [-0.39, 0.29) is 48.2 Å². The molecule has 0 spiro atoms. The number of carboxylic acids is 1. The second-order valence-electron chi connectivity index (χ2n) is 13.1. The van der Waals surface area contributed by atoms with E-state index < -0.39 is 57.5 Å². The van der Waals surface area contributed by atoms with E-state index >= 15 is 0 Å². The Morgan fingerprint density at radius 1 is 1.05 bits per heavy atom. The van der Waals surface area contributed by atoms with Crippen LogP contribution in [0.25, 0.3) is 0 Å². The first kappa shape index (κ1) is 27.7. The number of carboxylic acid groups (broad SMARTS) is 1. The topological polar surface area (TPSA) is 135 Å². The fourth-order valence-electron chi connectivity index (χ4n) is 8.71. The van der Waals surface area contributed by atoms with Crippen molar-refractivity contribution in [2.45, 2.75) is 99.2 Å². The van der Waals surface area contributed by atoms with Crippen LogP contribution in [0.5, 0.6) is 0 Å². The number of hydrogen-bond acceptors (Lipinski definition) is 7. The molecule has 0 heterocycles. The van der Waals surface area contributed by atoms with Gasteiger partial charge in [-0.15, -0.1) is 0 Å². The molecule has 0 bridgehead atoms. The fraction of sp³-hybridized carbons (Fsp3) is 0.759. The summed E-state index contributed by atoms with van der Waals surface area (Å²) < 4.78 is 5.77. The van der Waals surface area contributed by atoms with Gasteiger partial charge in [0.25, 0.3) is 0 Å². The Kier molecular flexibility index (Phi) is 6.42. The molecule has 2 fully saturated rings. The molecule has 0 amide bonds. The lowest BCUT2D eigenvalue weighted by Gasteiger charge is -2.61. The molecule has 0 radical (unpaired) electrons. The van der Waals surface area contributed by atoms with Crippen LogP contribution in [0, 0.1) is 39.4 Å². The molecule has 4 rings (SSSR count). The number of carbonyl (C=O) groups excluding carboxylic acids is 4. The van der Waals surface area contributed by atoms with Crippen molar-refractivity contribution in [1.29, 1.82) is 0 Å². The summed E-state index contributed by atoms with van der Waals surface area (Å²) in [7, 11) is 0. The molecule has 0 saturated heterocycles. The highest BCUT2D eigenvalue weighted by atomic mass is 16.5. The molecule has 0 aromatic heterocycles. The van der Waals surface area contributed by atoms with Gasteiger partial charge in [0.15, 0.2) is 11.9 Å². The third-order valence-electron chi connectivity index (χ3n) is 11.1. The van der Waals surface area contributed by atoms with Crippen molar-refractivity contribution in [3.05, 3.63) is 11.1 Å². The van der Waals surface area contributed by atoms with Crippen molar-refractivity contribution in [3.63, 3.8) is 0 Å². The van der Waals surface area contributed by atoms with Gasteiger partial charge >= 0.3 is 11.9 Å². The van der Waals surface area contributed by atoms with Gasteiger partial charge < -0.3 is 14.9 Å². The van der Waals surface area contributed by atoms with Crippen LogP contribution in [0.1, 0.15) is 87.0 Å². The molecule has 8 nitrogen and oxygen atoms in total. The van der Waals surface area contributed by atoms with E-state index in [1.807, 2.05) is 27.7 Å². The lowest BCUT2D eigenvalue weighted by molar-refractivity contribution is -0.176. The molecule has 204 valence electrons. The summed E-state index contributed by atoms with van der Waals surface area (Å²) in [5.74, 6) is -3.48. The first-order valence-electron chi connectivity index (χ1n) is 13.4. The summed E-state index contributed by atoms with van der Waals surface area (Å²) in [4.78, 5) is 66.1. The number of hydrogen-bond donors (Lipinski definition) is 2. The number of aliphatic hydroxyl groups is 1. The summed E-state index contributed by atoms with van der Waals surface area (Å²) >= 11 is 0. The minimum atomic E-state index is -1.36. The average molecular weight is 517 g/mol. The average Bonchev–Trinajstić information content (AvgIpc) is 3.01. The van der Waals surface area contributed by atoms with Gasteiger partial charge in [-0.3, -0.25) is 24.0 Å². The molecule has 4 aliphatic carbocycles. The molecule has 8 atom stereocenters. The van der Waals surface area contributed by atoms with Crippen LogP contribution in [-0.2, 0) is 28.7 Å². The summed E-state index contributed by atoms with van der Waals surface area (Å²) in [6, 6.07) is 0. The van der Waals surface area contributed by atoms with E-state index in [4.69, 9.17) is 4.74 Å². The summed E-state index contributed by atoms with van der Waals surface area (Å²) in [5.41, 5.74) is -3.40. The van der Waals surface area contributed by atoms with Crippen LogP contribution in [0.15, 0.2) is 11.1 Å². The van der Waals surface area contributed by atoms with Crippen molar-refractivity contribution < 1.29 is 38.9 Å². The number of fused-ring (bicyclic) bond motifs is 4. The molecule has 8 heteroatoms. The zero-order valence-corrected chi connectivity index (χ0v) is 23.0. The first-order valence-corrected chi connectivity index (χ1v) is 13.4. The summed E-state index contributed by atoms with van der Waals surface area (Å²) in [6.45, 7) is 12.4. The number of allylic oxidation sites excluding steroid dienone is 1. The van der Waals surface area contributed by atoms with Gasteiger partial charge in [-0.1, -0.05) is 34.6 Å². The molecule has 2 N–H and O–H groups in total. The highest BCUT2D eigenvalue weighted by Gasteiger charge is 2.74. The third kappa shape index (κ3) is 3.53. The van der Waals surface area contributed by atoms with Crippen molar-refractivity contribution in [3.8, 4) is 0 Å². The molecule has 0 aliphatic heterocycles. The van der Waals surface area contributed by atoms with E-state index in [2.05, 4.69) is 0 Å². The molecule has 2 saturated carbocycles. The van der Waals surface area contributed by atoms with Crippen molar-refractivity contribution in [1.82, 2.24) is 0 Å². The van der Waals surface area contributed by atoms with E-state index in [1.165, 1.54) is 6.92 Å². The van der Waals surface area contributed by atoms with Gasteiger partial charge in [0, 0.05) is 48.2 Å². The molecule has 0 aromatic rings. The smallest absolute Gasteiger partial charge is 0.303 e. The van der Waals surface area contributed by atoms with Crippen LogP contribution in [-0.4, -0.2) is 51.7 Å². The number of carbonyl (C=O) groups is 5. The Morgan fingerprint density at radius 2 is 1.68 bits per heavy atom. The predicted molar refractivity (Wildman–Crippen MR) is 133 cm³/mol. The van der Waals surface area contributed by atoms with Gasteiger partial charge in [-0.25, -0.2) is 0 Å². The van der Waals surface area contributed by atoms with Crippen molar-refractivity contribution in [2.75, 3.05) is 0 Å². The van der Waals surface area contributed by atoms with E-state index in [9.17, 15) is 34.2 Å². The SMILES string of the molecule is CC(=O)O[C@@H]1C(=O)C2=C(C(=O)C[C@H]3C(C)(C)[C@@H](O)CC[C@]23C)[C@]2(C)C(=O)C[C@H]([C@@H](C)CCC(=O)O)[C@]12C. The van der Waals surface area contributed by atoms with Crippen LogP contribution in [0.4, 0.5) is 0 Å². The number of ketones is 3. The number of Topliss-reactive ketones (excluding diaryl/α,β-unsaturated/α-hetero) is 3. The lowest BCUT2D eigenvalue weighted by atomic mass is 9.42. The second kappa shape index (κ2) is 8.58. The minimum absolute atomic E-state index is 0.0766.